The van der Waals surface area contributed by atoms with E-state index in [9.17, 15) is 8.42 Å². The number of para-hydroxylation sites is 1. The van der Waals surface area contributed by atoms with Gasteiger partial charge in [-0.05, 0) is 56.3 Å². The summed E-state index contributed by atoms with van der Waals surface area (Å²) in [7, 11) is -0.505. The minimum atomic E-state index is -3.73. The van der Waals surface area contributed by atoms with E-state index in [1.54, 1.807) is 26.4 Å². The van der Waals surface area contributed by atoms with Crippen LogP contribution in [0.5, 0.6) is 11.5 Å². The fourth-order valence-corrected chi connectivity index (χ4v) is 5.14. The molecule has 4 rings (SSSR count). The van der Waals surface area contributed by atoms with Crippen LogP contribution in [-0.2, 0) is 10.0 Å². The number of hydrogen-bond acceptors (Lipinski definition) is 6. The number of primary sulfonamides is 1. The number of nitrogens with two attached hydrogens (primary N) is 1. The first-order valence-electron chi connectivity index (χ1n) is 9.74. The Morgan fingerprint density at radius 2 is 1.72 bits per heavy atom. The van der Waals surface area contributed by atoms with E-state index >= 15 is 0 Å². The van der Waals surface area contributed by atoms with Gasteiger partial charge in [-0.15, -0.1) is 11.3 Å². The first-order chi connectivity index (χ1) is 15.2. The summed E-state index contributed by atoms with van der Waals surface area (Å²) in [6.45, 7) is 4.02. The van der Waals surface area contributed by atoms with E-state index in [1.165, 1.54) is 23.5 Å². The third-order valence-corrected chi connectivity index (χ3v) is 7.07. The van der Waals surface area contributed by atoms with Gasteiger partial charge in [0.05, 0.1) is 30.4 Å². The zero-order chi connectivity index (χ0) is 23.0. The van der Waals surface area contributed by atoms with Crippen molar-refractivity contribution in [3.8, 4) is 39.0 Å². The molecule has 2 aromatic carbocycles. The third kappa shape index (κ3) is 3.90. The van der Waals surface area contributed by atoms with Crippen LogP contribution >= 0.6 is 11.3 Å². The van der Waals surface area contributed by atoms with E-state index in [4.69, 9.17) is 19.6 Å². The standard InChI is InChI=1S/C23H23N3O4S2/c1-14-12-19(15(2)26(14)16-8-10-17(11-9-16)32(24,27)28)20-13-31-23(25-20)18-6-5-7-21(29-3)22(18)30-4/h5-13H,1-4H3,(H2,24,27,28). The quantitative estimate of drug-likeness (QED) is 0.447. The maximum Gasteiger partial charge on any atom is 0.238 e. The van der Waals surface area contributed by atoms with Crippen LogP contribution in [0.4, 0.5) is 0 Å². The molecule has 2 heterocycles. The number of hydrogen-bond donors (Lipinski definition) is 1. The van der Waals surface area contributed by atoms with Crippen molar-refractivity contribution in [3.63, 3.8) is 0 Å². The Bertz CT molecular complexity index is 1390. The Morgan fingerprint density at radius 3 is 2.34 bits per heavy atom. The predicted molar refractivity (Wildman–Crippen MR) is 126 cm³/mol. The van der Waals surface area contributed by atoms with Gasteiger partial charge in [0.15, 0.2) is 11.5 Å². The van der Waals surface area contributed by atoms with Crippen molar-refractivity contribution < 1.29 is 17.9 Å². The van der Waals surface area contributed by atoms with Crippen LogP contribution in [0.15, 0.2) is 58.8 Å². The number of aromatic nitrogens is 2. The molecule has 0 unspecified atom stereocenters. The highest BCUT2D eigenvalue weighted by Gasteiger charge is 2.18. The lowest BCUT2D eigenvalue weighted by molar-refractivity contribution is 0.356. The fourth-order valence-electron chi connectivity index (χ4n) is 3.78. The van der Waals surface area contributed by atoms with Gasteiger partial charge in [0, 0.05) is 28.0 Å². The van der Waals surface area contributed by atoms with Crippen LogP contribution in [0, 0.1) is 13.8 Å². The molecule has 0 fully saturated rings. The predicted octanol–water partition coefficient (Wildman–Crippen LogP) is 4.55. The molecule has 7 nitrogen and oxygen atoms in total. The lowest BCUT2D eigenvalue weighted by atomic mass is 10.1. The topological polar surface area (TPSA) is 96.4 Å². The average molecular weight is 470 g/mol. The Hall–Kier alpha value is -3.14. The Morgan fingerprint density at radius 1 is 1.00 bits per heavy atom. The summed E-state index contributed by atoms with van der Waals surface area (Å²) >= 11 is 1.53. The van der Waals surface area contributed by atoms with Crippen LogP contribution < -0.4 is 14.6 Å². The average Bonchev–Trinajstić information content (AvgIpc) is 3.37. The first-order valence-corrected chi connectivity index (χ1v) is 12.2. The molecule has 0 aliphatic rings. The molecular formula is C23H23N3O4S2. The molecule has 32 heavy (non-hydrogen) atoms. The molecule has 0 aliphatic heterocycles. The summed E-state index contributed by atoms with van der Waals surface area (Å²) in [5.74, 6) is 1.30. The zero-order valence-electron chi connectivity index (χ0n) is 18.1. The number of nitrogens with zero attached hydrogens (tertiary/aromatic N) is 2. The Kier molecular flexibility index (Phi) is 5.81. The van der Waals surface area contributed by atoms with Crippen LogP contribution in [0.2, 0.25) is 0 Å². The smallest absolute Gasteiger partial charge is 0.238 e. The molecule has 2 N–H and O–H groups in total. The Labute approximate surface area is 191 Å². The molecule has 0 radical (unpaired) electrons. The van der Waals surface area contributed by atoms with Crippen LogP contribution in [0.3, 0.4) is 0 Å². The van der Waals surface area contributed by atoms with E-state index in [0.29, 0.717) is 11.5 Å². The van der Waals surface area contributed by atoms with E-state index in [-0.39, 0.29) is 4.90 Å². The van der Waals surface area contributed by atoms with Crippen molar-refractivity contribution >= 4 is 21.4 Å². The van der Waals surface area contributed by atoms with E-state index < -0.39 is 10.0 Å². The van der Waals surface area contributed by atoms with E-state index in [1.807, 2.05) is 37.4 Å². The van der Waals surface area contributed by atoms with Crippen molar-refractivity contribution in [1.29, 1.82) is 0 Å². The SMILES string of the molecule is COc1cccc(-c2nc(-c3cc(C)n(-c4ccc(S(N)(=O)=O)cc4)c3C)cs2)c1OC. The molecule has 0 amide bonds. The molecule has 9 heteroatoms. The zero-order valence-corrected chi connectivity index (χ0v) is 19.8. The highest BCUT2D eigenvalue weighted by molar-refractivity contribution is 7.89. The summed E-state index contributed by atoms with van der Waals surface area (Å²) in [5, 5.41) is 8.07. The monoisotopic (exact) mass is 469 g/mol. The van der Waals surface area contributed by atoms with E-state index in [0.717, 1.165) is 38.9 Å². The summed E-state index contributed by atoms with van der Waals surface area (Å²) in [4.78, 5) is 4.95. The lowest BCUT2D eigenvalue weighted by Crippen LogP contribution is -2.12. The van der Waals surface area contributed by atoms with Gasteiger partial charge in [-0.3, -0.25) is 0 Å². The summed E-state index contributed by atoms with van der Waals surface area (Å²) in [6.07, 6.45) is 0. The number of benzene rings is 2. The fraction of sp³-hybridized carbons (Fsp3) is 0.174. The molecule has 0 atom stereocenters. The Balaban J connectivity index is 1.74. The highest BCUT2D eigenvalue weighted by Crippen LogP contribution is 2.41. The molecule has 0 spiro atoms. The number of sulfonamides is 1. The normalized spacial score (nSPS) is 11.5. The van der Waals surface area contributed by atoms with Gasteiger partial charge in [-0.1, -0.05) is 6.07 Å². The van der Waals surface area contributed by atoms with Gasteiger partial charge in [-0.2, -0.15) is 0 Å². The highest BCUT2D eigenvalue weighted by atomic mass is 32.2. The minimum absolute atomic E-state index is 0.0836. The number of ether oxygens (including phenoxy) is 2. The van der Waals surface area contributed by atoms with Crippen molar-refractivity contribution in [1.82, 2.24) is 9.55 Å². The second kappa shape index (κ2) is 8.42. The van der Waals surface area contributed by atoms with Gasteiger partial charge >= 0.3 is 0 Å². The molecular weight excluding hydrogens is 446 g/mol. The van der Waals surface area contributed by atoms with Crippen molar-refractivity contribution in [2.75, 3.05) is 14.2 Å². The number of aryl methyl sites for hydroxylation is 1. The van der Waals surface area contributed by atoms with Crippen LogP contribution in [0.1, 0.15) is 11.4 Å². The van der Waals surface area contributed by atoms with Crippen LogP contribution in [0.25, 0.3) is 27.5 Å². The maximum absolute atomic E-state index is 11.6. The molecule has 4 aromatic rings. The largest absolute Gasteiger partial charge is 0.493 e. The summed E-state index contributed by atoms with van der Waals surface area (Å²) in [6, 6.07) is 14.3. The van der Waals surface area contributed by atoms with Gasteiger partial charge in [-0.25, -0.2) is 18.5 Å². The number of thiazole rings is 1. The molecule has 0 saturated carbocycles. The van der Waals surface area contributed by atoms with E-state index in [2.05, 4.69) is 10.6 Å². The second-order valence-electron chi connectivity index (χ2n) is 7.24. The van der Waals surface area contributed by atoms with Crippen molar-refractivity contribution in [2.24, 2.45) is 5.14 Å². The lowest BCUT2D eigenvalue weighted by Gasteiger charge is -2.11. The molecule has 0 bridgehead atoms. The van der Waals surface area contributed by atoms with Gasteiger partial charge < -0.3 is 14.0 Å². The minimum Gasteiger partial charge on any atom is -0.493 e. The molecule has 166 valence electrons. The molecule has 0 saturated heterocycles. The maximum atomic E-state index is 11.6. The van der Waals surface area contributed by atoms with Crippen LogP contribution in [-0.4, -0.2) is 32.2 Å². The van der Waals surface area contributed by atoms with Crippen molar-refractivity contribution in [3.05, 3.63) is 65.3 Å². The third-order valence-electron chi connectivity index (χ3n) is 5.27. The summed E-state index contributed by atoms with van der Waals surface area (Å²) in [5.41, 5.74) is 5.59. The number of methoxy groups -OCH3 is 2. The summed E-state index contributed by atoms with van der Waals surface area (Å²) < 4.78 is 36.1. The second-order valence-corrected chi connectivity index (χ2v) is 9.66. The van der Waals surface area contributed by atoms with Gasteiger partial charge in [0.1, 0.15) is 5.01 Å². The van der Waals surface area contributed by atoms with Gasteiger partial charge in [0.25, 0.3) is 0 Å². The van der Waals surface area contributed by atoms with Crippen molar-refractivity contribution in [2.45, 2.75) is 18.7 Å². The molecule has 2 aromatic heterocycles. The first kappa shape index (κ1) is 22.1. The molecule has 0 aliphatic carbocycles. The number of rotatable bonds is 6. The van der Waals surface area contributed by atoms with Gasteiger partial charge in [0.2, 0.25) is 10.0 Å².